The van der Waals surface area contributed by atoms with E-state index in [0.29, 0.717) is 17.5 Å². The average molecular weight is 544 g/mol. The highest BCUT2D eigenvalue weighted by Gasteiger charge is 2.28. The number of halogens is 1. The van der Waals surface area contributed by atoms with Gasteiger partial charge in [-0.3, -0.25) is 4.79 Å². The van der Waals surface area contributed by atoms with Crippen LogP contribution in [-0.2, 0) is 32.5 Å². The number of oxime groups is 1. The van der Waals surface area contributed by atoms with E-state index in [9.17, 15) is 18.5 Å². The predicted molar refractivity (Wildman–Crippen MR) is 148 cm³/mol. The number of Topliss-reactive ketones (excluding diaryl/α,β-unsaturated/α-hetero) is 1. The molecule has 0 saturated heterocycles. The van der Waals surface area contributed by atoms with Crippen molar-refractivity contribution in [2.45, 2.75) is 83.6 Å². The Morgan fingerprint density at radius 2 is 1.87 bits per heavy atom. The monoisotopic (exact) mass is 543 g/mol. The molecule has 1 N–H and O–H groups in total. The summed E-state index contributed by atoms with van der Waals surface area (Å²) in [7, 11) is -2.61. The minimum absolute atomic E-state index is 0.0585. The normalized spacial score (nSPS) is 13.2. The van der Waals surface area contributed by atoms with Gasteiger partial charge in [0.25, 0.3) is 0 Å². The lowest BCUT2D eigenvalue weighted by Gasteiger charge is -2.22. The number of carbonyl (C=O) groups excluding carboxylic acids is 1. The smallest absolute Gasteiger partial charge is 0.241 e. The SMILES string of the molecule is CCCCC(=O)C(Cc1ccc(-c2cc(CCC)ccc2S(=O)(=O)NC(C)(C)C)cc1F)C(C#N)=NOC. The van der Waals surface area contributed by atoms with E-state index in [4.69, 9.17) is 4.84 Å². The Morgan fingerprint density at radius 1 is 1.16 bits per heavy atom. The van der Waals surface area contributed by atoms with E-state index in [1.807, 2.05) is 19.9 Å². The maximum atomic E-state index is 15.5. The number of benzene rings is 2. The molecule has 2 rings (SSSR count). The zero-order valence-corrected chi connectivity index (χ0v) is 23.9. The van der Waals surface area contributed by atoms with Crippen LogP contribution >= 0.6 is 0 Å². The van der Waals surface area contributed by atoms with E-state index >= 15 is 4.39 Å². The molecular formula is C29H38FN3O4S. The molecule has 1 atom stereocenters. The lowest BCUT2D eigenvalue weighted by atomic mass is 9.88. The van der Waals surface area contributed by atoms with Crippen LogP contribution < -0.4 is 4.72 Å². The fraction of sp³-hybridized carbons (Fsp3) is 0.483. The van der Waals surface area contributed by atoms with Gasteiger partial charge in [0.1, 0.15) is 24.8 Å². The number of aryl methyl sites for hydroxylation is 1. The Bertz CT molecular complexity index is 1310. The van der Waals surface area contributed by atoms with Gasteiger partial charge in [-0.2, -0.15) is 5.26 Å². The van der Waals surface area contributed by atoms with E-state index in [1.165, 1.54) is 19.2 Å². The Balaban J connectivity index is 2.57. The van der Waals surface area contributed by atoms with Gasteiger partial charge in [0.05, 0.1) is 10.8 Å². The maximum Gasteiger partial charge on any atom is 0.241 e. The molecule has 2 aromatic carbocycles. The summed E-state index contributed by atoms with van der Waals surface area (Å²) in [6, 6.07) is 11.5. The second-order valence-electron chi connectivity index (χ2n) is 10.3. The topological polar surface area (TPSA) is 109 Å². The van der Waals surface area contributed by atoms with Crippen molar-refractivity contribution < 1.29 is 22.4 Å². The summed E-state index contributed by atoms with van der Waals surface area (Å²) in [6.07, 6.45) is 3.26. The van der Waals surface area contributed by atoms with Gasteiger partial charge in [0, 0.05) is 17.5 Å². The zero-order chi connectivity index (χ0) is 28.5. The van der Waals surface area contributed by atoms with Crippen molar-refractivity contribution in [1.82, 2.24) is 4.72 Å². The second kappa shape index (κ2) is 13.6. The third-order valence-electron chi connectivity index (χ3n) is 5.90. The average Bonchev–Trinajstić information content (AvgIpc) is 2.84. The van der Waals surface area contributed by atoms with Crippen LogP contribution in [0.2, 0.25) is 0 Å². The van der Waals surface area contributed by atoms with Gasteiger partial charge in [0.2, 0.25) is 10.0 Å². The molecule has 206 valence electrons. The summed E-state index contributed by atoms with van der Waals surface area (Å²) in [6.45, 7) is 9.25. The number of hydrogen-bond acceptors (Lipinski definition) is 6. The molecule has 0 aliphatic heterocycles. The summed E-state index contributed by atoms with van der Waals surface area (Å²) in [5.74, 6) is -1.74. The van der Waals surface area contributed by atoms with Crippen molar-refractivity contribution in [2.24, 2.45) is 11.1 Å². The molecule has 2 aromatic rings. The summed E-state index contributed by atoms with van der Waals surface area (Å²) in [5, 5.41) is 13.2. The first-order valence-corrected chi connectivity index (χ1v) is 14.3. The summed E-state index contributed by atoms with van der Waals surface area (Å²) < 4.78 is 44.6. The molecule has 1 unspecified atom stereocenters. The number of carbonyl (C=O) groups is 1. The van der Waals surface area contributed by atoms with E-state index in [2.05, 4.69) is 9.88 Å². The van der Waals surface area contributed by atoms with Crippen molar-refractivity contribution in [2.75, 3.05) is 7.11 Å². The highest BCUT2D eigenvalue weighted by atomic mass is 32.2. The van der Waals surface area contributed by atoms with Gasteiger partial charge in [-0.1, -0.05) is 50.0 Å². The first kappa shape index (κ1) is 31.1. The highest BCUT2D eigenvalue weighted by molar-refractivity contribution is 7.89. The number of hydrogen-bond donors (Lipinski definition) is 1. The number of nitriles is 1. The lowest BCUT2D eigenvalue weighted by molar-refractivity contribution is -0.121. The summed E-state index contributed by atoms with van der Waals surface area (Å²) in [4.78, 5) is 17.7. The van der Waals surface area contributed by atoms with Crippen molar-refractivity contribution in [3.63, 3.8) is 0 Å². The third kappa shape index (κ3) is 8.47. The van der Waals surface area contributed by atoms with E-state index in [1.54, 1.807) is 45.0 Å². The molecule has 0 amide bonds. The van der Waals surface area contributed by atoms with Crippen LogP contribution in [-0.4, -0.2) is 32.6 Å². The zero-order valence-electron chi connectivity index (χ0n) is 23.1. The number of nitrogens with one attached hydrogen (secondary N) is 1. The van der Waals surface area contributed by atoms with Crippen molar-refractivity contribution >= 4 is 21.5 Å². The molecule has 0 aromatic heterocycles. The molecule has 0 spiro atoms. The van der Waals surface area contributed by atoms with Crippen LogP contribution in [0, 0.1) is 23.1 Å². The fourth-order valence-corrected chi connectivity index (χ4v) is 5.82. The Labute approximate surface area is 226 Å². The Hall–Kier alpha value is -3.09. The highest BCUT2D eigenvalue weighted by Crippen LogP contribution is 2.32. The predicted octanol–water partition coefficient (Wildman–Crippen LogP) is 5.97. The van der Waals surface area contributed by atoms with E-state index in [0.717, 1.165) is 24.8 Å². The third-order valence-corrected chi connectivity index (χ3v) is 7.72. The van der Waals surface area contributed by atoms with Crippen LogP contribution in [0.25, 0.3) is 11.1 Å². The van der Waals surface area contributed by atoms with Gasteiger partial charge in [-0.25, -0.2) is 17.5 Å². The summed E-state index contributed by atoms with van der Waals surface area (Å²) in [5.41, 5.74) is 1.16. The van der Waals surface area contributed by atoms with Crippen LogP contribution in [0.1, 0.15) is 71.4 Å². The quantitative estimate of drug-likeness (QED) is 0.247. The molecule has 7 nitrogen and oxygen atoms in total. The largest absolute Gasteiger partial charge is 0.398 e. The van der Waals surface area contributed by atoms with Gasteiger partial charge in [-0.15, -0.1) is 0 Å². The van der Waals surface area contributed by atoms with Gasteiger partial charge < -0.3 is 4.84 Å². The minimum Gasteiger partial charge on any atom is -0.398 e. The molecule has 0 fully saturated rings. The number of rotatable bonds is 13. The first-order valence-electron chi connectivity index (χ1n) is 12.9. The maximum absolute atomic E-state index is 15.5. The van der Waals surface area contributed by atoms with Crippen LogP contribution in [0.4, 0.5) is 4.39 Å². The summed E-state index contributed by atoms with van der Waals surface area (Å²) >= 11 is 0. The Morgan fingerprint density at radius 3 is 2.42 bits per heavy atom. The minimum atomic E-state index is -3.89. The standard InChI is InChI=1S/C29H38FN3O4S/c1-7-9-11-27(34)24(26(19-31)32-37-6)17-22-14-13-21(18-25(22)30)23-16-20(10-8-2)12-15-28(23)38(35,36)33-29(3,4)5/h12-16,18,24,33H,7-11,17H2,1-6H3. The number of unbranched alkanes of at least 4 members (excludes halogenated alkanes) is 1. The number of ketones is 1. The molecule has 0 aliphatic rings. The second-order valence-corrected chi connectivity index (χ2v) is 12.0. The van der Waals surface area contributed by atoms with Gasteiger partial charge >= 0.3 is 0 Å². The molecule has 0 radical (unpaired) electrons. The molecule has 38 heavy (non-hydrogen) atoms. The van der Waals surface area contributed by atoms with Gasteiger partial charge in [0.15, 0.2) is 5.71 Å². The Kier molecular flexibility index (Phi) is 11.2. The number of nitrogens with zero attached hydrogens (tertiary/aromatic N) is 2. The molecule has 9 heteroatoms. The molecule has 0 aliphatic carbocycles. The number of sulfonamides is 1. The van der Waals surface area contributed by atoms with Gasteiger partial charge in [-0.05, 0) is 74.9 Å². The van der Waals surface area contributed by atoms with Crippen LogP contribution in [0.15, 0.2) is 46.4 Å². The van der Waals surface area contributed by atoms with Crippen molar-refractivity contribution in [1.29, 1.82) is 5.26 Å². The van der Waals surface area contributed by atoms with E-state index in [-0.39, 0.29) is 34.8 Å². The molecule has 0 bridgehead atoms. The molecule has 0 saturated carbocycles. The van der Waals surface area contributed by atoms with Crippen molar-refractivity contribution in [3.8, 4) is 17.2 Å². The van der Waals surface area contributed by atoms with Crippen LogP contribution in [0.3, 0.4) is 0 Å². The lowest BCUT2D eigenvalue weighted by Crippen LogP contribution is -2.40. The van der Waals surface area contributed by atoms with E-state index < -0.39 is 27.3 Å². The first-order chi connectivity index (χ1) is 17.9. The van der Waals surface area contributed by atoms with Crippen LogP contribution in [0.5, 0.6) is 0 Å². The fourth-order valence-electron chi connectivity index (χ4n) is 4.19. The molecule has 0 heterocycles. The van der Waals surface area contributed by atoms with Crippen molar-refractivity contribution in [3.05, 3.63) is 53.3 Å². The molecular weight excluding hydrogens is 505 g/mol.